The van der Waals surface area contributed by atoms with Crippen LogP contribution >= 0.6 is 0 Å². The molecule has 3 rings (SSSR count). The van der Waals surface area contributed by atoms with Gasteiger partial charge in [0.2, 0.25) is 0 Å². The number of carbonyl (C=O) groups excluding carboxylic acids is 1. The number of hydrazone groups is 1. The van der Waals surface area contributed by atoms with Crippen molar-refractivity contribution in [2.75, 3.05) is 14.2 Å². The zero-order valence-corrected chi connectivity index (χ0v) is 16.3. The zero-order chi connectivity index (χ0) is 20.5. The summed E-state index contributed by atoms with van der Waals surface area (Å²) >= 11 is 0. The summed E-state index contributed by atoms with van der Waals surface area (Å²) in [5.41, 5.74) is 4.74. The predicted octanol–water partition coefficient (Wildman–Crippen LogP) is 4.05. The maximum Gasteiger partial charge on any atom is 0.275 e. The molecule has 148 valence electrons. The van der Waals surface area contributed by atoms with Crippen LogP contribution in [0.5, 0.6) is 17.2 Å². The molecule has 1 amide bonds. The number of nitrogens with one attached hydrogen (secondary N) is 1. The summed E-state index contributed by atoms with van der Waals surface area (Å²) in [6, 6.07) is 22.3. The first-order chi connectivity index (χ1) is 14.2. The molecule has 3 aromatic carbocycles. The average molecular weight is 390 g/mol. The number of amides is 1. The van der Waals surface area contributed by atoms with Crippen LogP contribution in [0.25, 0.3) is 0 Å². The van der Waals surface area contributed by atoms with Gasteiger partial charge in [-0.2, -0.15) is 5.10 Å². The van der Waals surface area contributed by atoms with Gasteiger partial charge in [0.15, 0.2) is 11.5 Å². The lowest BCUT2D eigenvalue weighted by Crippen LogP contribution is -2.18. The minimum atomic E-state index is -0.353. The fraction of sp³-hybridized carbons (Fsp3) is 0.130. The molecule has 0 saturated carbocycles. The molecule has 29 heavy (non-hydrogen) atoms. The van der Waals surface area contributed by atoms with Crippen LogP contribution in [0.3, 0.4) is 0 Å². The van der Waals surface area contributed by atoms with E-state index in [-0.39, 0.29) is 5.91 Å². The van der Waals surface area contributed by atoms with Crippen molar-refractivity contribution >= 4 is 12.1 Å². The van der Waals surface area contributed by atoms with Gasteiger partial charge in [-0.1, -0.05) is 42.5 Å². The number of nitrogens with zero attached hydrogens (tertiary/aromatic N) is 1. The van der Waals surface area contributed by atoms with Crippen LogP contribution in [0.2, 0.25) is 0 Å². The quantitative estimate of drug-likeness (QED) is 0.465. The highest BCUT2D eigenvalue weighted by atomic mass is 16.5. The number of hydrogen-bond acceptors (Lipinski definition) is 5. The van der Waals surface area contributed by atoms with E-state index in [0.717, 1.165) is 11.1 Å². The zero-order valence-electron chi connectivity index (χ0n) is 16.3. The standard InChI is InChI=1S/C23H22N2O4/c1-27-20-11-7-6-10-19(20)23(26)25-24-15-18-12-13-21(22(14-18)28-2)29-16-17-8-4-3-5-9-17/h3-15H,16H2,1-2H3,(H,25,26)/b24-15+. The normalized spacial score (nSPS) is 10.6. The van der Waals surface area contributed by atoms with E-state index >= 15 is 0 Å². The maximum atomic E-state index is 12.3. The van der Waals surface area contributed by atoms with E-state index in [1.54, 1.807) is 37.4 Å². The topological polar surface area (TPSA) is 69.2 Å². The first-order valence-corrected chi connectivity index (χ1v) is 9.02. The van der Waals surface area contributed by atoms with E-state index in [9.17, 15) is 4.79 Å². The van der Waals surface area contributed by atoms with Gasteiger partial charge in [0.1, 0.15) is 12.4 Å². The molecular weight excluding hydrogens is 368 g/mol. The molecule has 6 heteroatoms. The summed E-state index contributed by atoms with van der Waals surface area (Å²) in [5.74, 6) is 1.35. The van der Waals surface area contributed by atoms with Gasteiger partial charge in [-0.3, -0.25) is 4.79 Å². The van der Waals surface area contributed by atoms with Crippen molar-refractivity contribution in [2.45, 2.75) is 6.61 Å². The monoisotopic (exact) mass is 390 g/mol. The predicted molar refractivity (Wildman–Crippen MR) is 112 cm³/mol. The molecule has 1 N–H and O–H groups in total. The van der Waals surface area contributed by atoms with E-state index < -0.39 is 0 Å². The molecule has 0 saturated heterocycles. The highest BCUT2D eigenvalue weighted by Gasteiger charge is 2.10. The lowest BCUT2D eigenvalue weighted by Gasteiger charge is -2.11. The molecule has 0 aliphatic rings. The SMILES string of the molecule is COc1cc(/C=N/NC(=O)c2ccccc2OC)ccc1OCc1ccccc1. The number of carbonyl (C=O) groups is 1. The van der Waals surface area contributed by atoms with Crippen molar-refractivity contribution in [1.82, 2.24) is 5.43 Å². The Balaban J connectivity index is 1.64. The molecule has 0 heterocycles. The fourth-order valence-electron chi connectivity index (χ4n) is 2.68. The second-order valence-electron chi connectivity index (χ2n) is 6.08. The molecule has 0 radical (unpaired) electrons. The molecule has 0 unspecified atom stereocenters. The lowest BCUT2D eigenvalue weighted by molar-refractivity contribution is 0.0952. The average Bonchev–Trinajstić information content (AvgIpc) is 2.78. The van der Waals surface area contributed by atoms with E-state index in [1.807, 2.05) is 42.5 Å². The molecule has 0 bridgehead atoms. The Labute approximate surface area is 169 Å². The van der Waals surface area contributed by atoms with Crippen LogP contribution in [0.15, 0.2) is 77.9 Å². The Kier molecular flexibility index (Phi) is 6.84. The molecule has 3 aromatic rings. The summed E-state index contributed by atoms with van der Waals surface area (Å²) in [4.78, 5) is 12.3. The minimum absolute atomic E-state index is 0.353. The Bertz CT molecular complexity index is 987. The Morgan fingerprint density at radius 3 is 2.38 bits per heavy atom. The van der Waals surface area contributed by atoms with Crippen LogP contribution in [0, 0.1) is 0 Å². The third-order valence-electron chi connectivity index (χ3n) is 4.16. The van der Waals surface area contributed by atoms with E-state index in [0.29, 0.717) is 29.4 Å². The van der Waals surface area contributed by atoms with Crippen molar-refractivity contribution in [1.29, 1.82) is 0 Å². The molecule has 0 atom stereocenters. The highest BCUT2D eigenvalue weighted by molar-refractivity contribution is 5.97. The number of benzene rings is 3. The van der Waals surface area contributed by atoms with Gasteiger partial charge in [0.25, 0.3) is 5.91 Å². The van der Waals surface area contributed by atoms with Crippen molar-refractivity contribution in [3.63, 3.8) is 0 Å². The summed E-state index contributed by atoms with van der Waals surface area (Å²) in [6.45, 7) is 0.444. The summed E-state index contributed by atoms with van der Waals surface area (Å²) < 4.78 is 16.4. The first kappa shape index (κ1) is 19.9. The number of rotatable bonds is 8. The Morgan fingerprint density at radius 1 is 0.897 bits per heavy atom. The summed E-state index contributed by atoms with van der Waals surface area (Å²) in [6.07, 6.45) is 1.54. The third-order valence-corrected chi connectivity index (χ3v) is 4.16. The van der Waals surface area contributed by atoms with Crippen LogP contribution in [0.1, 0.15) is 21.5 Å². The van der Waals surface area contributed by atoms with Crippen molar-refractivity contribution in [3.05, 3.63) is 89.5 Å². The molecule has 0 spiro atoms. The van der Waals surface area contributed by atoms with Gasteiger partial charge in [-0.15, -0.1) is 0 Å². The van der Waals surface area contributed by atoms with Gasteiger partial charge in [0.05, 0.1) is 26.0 Å². The van der Waals surface area contributed by atoms with Gasteiger partial charge in [-0.05, 0) is 41.5 Å². The molecule has 6 nitrogen and oxygen atoms in total. The Hall–Kier alpha value is -3.80. The van der Waals surface area contributed by atoms with Crippen LogP contribution in [-0.2, 0) is 6.61 Å². The van der Waals surface area contributed by atoms with Crippen molar-refractivity contribution in [3.8, 4) is 17.2 Å². The second-order valence-corrected chi connectivity index (χ2v) is 6.08. The number of para-hydroxylation sites is 1. The second kappa shape index (κ2) is 9.94. The first-order valence-electron chi connectivity index (χ1n) is 9.02. The highest BCUT2D eigenvalue weighted by Crippen LogP contribution is 2.28. The summed E-state index contributed by atoms with van der Waals surface area (Å²) in [7, 11) is 3.10. The minimum Gasteiger partial charge on any atom is -0.496 e. The molecule has 0 aliphatic heterocycles. The number of hydrogen-bond donors (Lipinski definition) is 1. The summed E-state index contributed by atoms with van der Waals surface area (Å²) in [5, 5.41) is 4.02. The van der Waals surface area contributed by atoms with Crippen molar-refractivity contribution < 1.29 is 19.0 Å². The number of methoxy groups -OCH3 is 2. The Morgan fingerprint density at radius 2 is 1.62 bits per heavy atom. The van der Waals surface area contributed by atoms with Crippen LogP contribution in [-0.4, -0.2) is 26.3 Å². The van der Waals surface area contributed by atoms with E-state index in [1.165, 1.54) is 13.3 Å². The molecule has 0 fully saturated rings. The van der Waals surface area contributed by atoms with Gasteiger partial charge in [-0.25, -0.2) is 5.43 Å². The molecule has 0 aliphatic carbocycles. The largest absolute Gasteiger partial charge is 0.496 e. The van der Waals surface area contributed by atoms with Crippen LogP contribution < -0.4 is 19.6 Å². The maximum absolute atomic E-state index is 12.3. The smallest absolute Gasteiger partial charge is 0.275 e. The molecule has 0 aromatic heterocycles. The van der Waals surface area contributed by atoms with Gasteiger partial charge in [0, 0.05) is 0 Å². The number of ether oxygens (including phenoxy) is 3. The lowest BCUT2D eigenvalue weighted by atomic mass is 10.2. The third kappa shape index (κ3) is 5.35. The van der Waals surface area contributed by atoms with Crippen molar-refractivity contribution in [2.24, 2.45) is 5.10 Å². The van der Waals surface area contributed by atoms with Gasteiger partial charge < -0.3 is 14.2 Å². The van der Waals surface area contributed by atoms with E-state index in [2.05, 4.69) is 10.5 Å². The van der Waals surface area contributed by atoms with E-state index in [4.69, 9.17) is 14.2 Å². The fourth-order valence-corrected chi connectivity index (χ4v) is 2.68. The molecular formula is C23H22N2O4. The van der Waals surface area contributed by atoms with Gasteiger partial charge >= 0.3 is 0 Å². The van der Waals surface area contributed by atoms with Crippen LogP contribution in [0.4, 0.5) is 0 Å².